The number of anilines is 3. The minimum Gasteiger partial charge on any atom is -0.308 e. The minimum atomic E-state index is 0.990. The van der Waals surface area contributed by atoms with Gasteiger partial charge >= 0.3 is 0 Å². The van der Waals surface area contributed by atoms with Gasteiger partial charge in [-0.05, 0) is 91.0 Å². The van der Waals surface area contributed by atoms with Crippen LogP contribution in [0.1, 0.15) is 0 Å². The Morgan fingerprint density at radius 2 is 0.939 bits per heavy atom. The van der Waals surface area contributed by atoms with Crippen LogP contribution in [0.3, 0.4) is 0 Å². The molecule has 0 unspecified atom stereocenters. The van der Waals surface area contributed by atoms with Gasteiger partial charge < -0.3 is 4.90 Å². The first-order valence-electron chi connectivity index (χ1n) is 16.8. The fourth-order valence-electron chi connectivity index (χ4n) is 7.98. The van der Waals surface area contributed by atoms with Crippen LogP contribution in [-0.4, -0.2) is 4.98 Å². The fraction of sp³-hybridized carbons (Fsp3) is 0. The molecule has 2 heteroatoms. The first-order chi connectivity index (χ1) is 24.3. The van der Waals surface area contributed by atoms with Crippen molar-refractivity contribution in [3.63, 3.8) is 0 Å². The normalized spacial score (nSPS) is 11.7. The molecule has 1 heterocycles. The average molecular weight is 623 g/mol. The lowest BCUT2D eigenvalue weighted by molar-refractivity contribution is 1.27. The summed E-state index contributed by atoms with van der Waals surface area (Å²) in [6.45, 7) is 0. The molecular weight excluding hydrogens is 593 g/mol. The highest BCUT2D eigenvalue weighted by Gasteiger charge is 2.31. The predicted molar refractivity (Wildman–Crippen MR) is 207 cm³/mol. The number of fused-ring (bicyclic) bond motifs is 5. The van der Waals surface area contributed by atoms with Gasteiger partial charge in [0.05, 0.1) is 23.1 Å². The van der Waals surface area contributed by atoms with Crippen LogP contribution in [0.2, 0.25) is 0 Å². The number of hydrogen-bond donors (Lipinski definition) is 0. The Labute approximate surface area is 285 Å². The first kappa shape index (κ1) is 27.6. The van der Waals surface area contributed by atoms with E-state index in [1.165, 1.54) is 66.1 Å². The molecule has 1 aliphatic rings. The van der Waals surface area contributed by atoms with Crippen LogP contribution in [0.5, 0.6) is 0 Å². The summed E-state index contributed by atoms with van der Waals surface area (Å²) in [4.78, 5) is 7.25. The van der Waals surface area contributed by atoms with Crippen molar-refractivity contribution in [3.8, 4) is 44.5 Å². The highest BCUT2D eigenvalue weighted by molar-refractivity contribution is 6.29. The molecule has 1 aliphatic carbocycles. The molecule has 1 aromatic heterocycles. The van der Waals surface area contributed by atoms with Crippen molar-refractivity contribution >= 4 is 49.5 Å². The van der Waals surface area contributed by atoms with E-state index in [-0.39, 0.29) is 0 Å². The van der Waals surface area contributed by atoms with Crippen LogP contribution in [0.4, 0.5) is 17.1 Å². The molecule has 0 aliphatic heterocycles. The number of hydrogen-bond acceptors (Lipinski definition) is 2. The van der Waals surface area contributed by atoms with E-state index >= 15 is 0 Å². The predicted octanol–water partition coefficient (Wildman–Crippen LogP) is 13.0. The molecule has 0 radical (unpaired) electrons. The maximum atomic E-state index is 4.89. The van der Waals surface area contributed by atoms with E-state index in [0.717, 1.165) is 28.0 Å². The number of aromatic nitrogens is 1. The third kappa shape index (κ3) is 4.24. The Hall–Kier alpha value is -6.51. The highest BCUT2D eigenvalue weighted by atomic mass is 15.1. The Bertz CT molecular complexity index is 2610. The monoisotopic (exact) mass is 622 g/mol. The van der Waals surface area contributed by atoms with Crippen molar-refractivity contribution < 1.29 is 0 Å². The van der Waals surface area contributed by atoms with Crippen molar-refractivity contribution in [2.24, 2.45) is 0 Å². The molecule has 10 rings (SSSR count). The maximum Gasteiger partial charge on any atom is 0.0703 e. The second-order valence-corrected chi connectivity index (χ2v) is 12.7. The molecule has 8 aromatic carbocycles. The number of rotatable bonds is 5. The van der Waals surface area contributed by atoms with Crippen LogP contribution >= 0.6 is 0 Å². The van der Waals surface area contributed by atoms with Crippen molar-refractivity contribution in [2.45, 2.75) is 0 Å². The van der Waals surface area contributed by atoms with Gasteiger partial charge in [0.25, 0.3) is 0 Å². The van der Waals surface area contributed by atoms with Crippen molar-refractivity contribution in [1.82, 2.24) is 4.98 Å². The smallest absolute Gasteiger partial charge is 0.0703 e. The molecule has 0 bridgehead atoms. The molecule has 9 aromatic rings. The van der Waals surface area contributed by atoms with Crippen molar-refractivity contribution in [3.05, 3.63) is 182 Å². The lowest BCUT2D eigenvalue weighted by atomic mass is 9.82. The second-order valence-electron chi connectivity index (χ2n) is 12.7. The van der Waals surface area contributed by atoms with Gasteiger partial charge in [-0.15, -0.1) is 0 Å². The minimum absolute atomic E-state index is 0.990. The number of pyridine rings is 1. The summed E-state index contributed by atoms with van der Waals surface area (Å²) < 4.78 is 0. The Morgan fingerprint density at radius 3 is 1.61 bits per heavy atom. The molecule has 0 fully saturated rings. The summed E-state index contributed by atoms with van der Waals surface area (Å²) >= 11 is 0. The lowest BCUT2D eigenvalue weighted by Gasteiger charge is -2.27. The quantitative estimate of drug-likeness (QED) is 0.190. The van der Waals surface area contributed by atoms with Crippen LogP contribution < -0.4 is 4.90 Å². The number of benzene rings is 8. The summed E-state index contributed by atoms with van der Waals surface area (Å²) in [6.07, 6.45) is 2.00. The van der Waals surface area contributed by atoms with E-state index < -0.39 is 0 Å². The molecule has 0 amide bonds. The summed E-state index contributed by atoms with van der Waals surface area (Å²) in [5.41, 5.74) is 14.4. The van der Waals surface area contributed by atoms with E-state index in [2.05, 4.69) is 175 Å². The van der Waals surface area contributed by atoms with E-state index in [1.807, 2.05) is 12.3 Å². The standard InChI is InChI=1S/C47H30N2/c1-4-15-31(16-5-1)43-36-22-11-12-23-37(36)44(32-17-6-2-7-18-32)47-40-27-28-42(38-24-14-25-39(45(38)40)46(43)47)49(34-20-8-3-9-21-34)35-29-33-19-10-13-26-41(33)48-30-35/h1-30H. The molecule has 0 N–H and O–H groups in total. The fourth-order valence-corrected chi connectivity index (χ4v) is 7.98. The highest BCUT2D eigenvalue weighted by Crippen LogP contribution is 2.59. The number of nitrogens with zero attached hydrogens (tertiary/aromatic N) is 2. The third-order valence-electron chi connectivity index (χ3n) is 9.99. The van der Waals surface area contributed by atoms with Gasteiger partial charge in [0, 0.05) is 16.5 Å². The van der Waals surface area contributed by atoms with Gasteiger partial charge in [-0.2, -0.15) is 0 Å². The van der Waals surface area contributed by atoms with E-state index in [9.17, 15) is 0 Å². The molecule has 2 nitrogen and oxygen atoms in total. The zero-order valence-electron chi connectivity index (χ0n) is 26.7. The van der Waals surface area contributed by atoms with Gasteiger partial charge in [-0.3, -0.25) is 4.98 Å². The molecule has 0 spiro atoms. The van der Waals surface area contributed by atoms with E-state index in [4.69, 9.17) is 4.98 Å². The summed E-state index contributed by atoms with van der Waals surface area (Å²) in [5.74, 6) is 0. The topological polar surface area (TPSA) is 16.1 Å². The van der Waals surface area contributed by atoms with Crippen LogP contribution in [-0.2, 0) is 0 Å². The largest absolute Gasteiger partial charge is 0.308 e. The van der Waals surface area contributed by atoms with Gasteiger partial charge in [0.15, 0.2) is 0 Å². The lowest BCUT2D eigenvalue weighted by Crippen LogP contribution is -2.10. The van der Waals surface area contributed by atoms with Crippen LogP contribution in [0, 0.1) is 0 Å². The zero-order chi connectivity index (χ0) is 32.3. The van der Waals surface area contributed by atoms with Gasteiger partial charge in [0.1, 0.15) is 0 Å². The van der Waals surface area contributed by atoms with Crippen LogP contribution in [0.15, 0.2) is 182 Å². The zero-order valence-corrected chi connectivity index (χ0v) is 26.7. The molecule has 0 saturated heterocycles. The van der Waals surface area contributed by atoms with Gasteiger partial charge in [0.2, 0.25) is 0 Å². The summed E-state index contributed by atoms with van der Waals surface area (Å²) in [6, 6.07) is 63.5. The SMILES string of the molecule is c1ccc(-c2c3c(c(-c4ccccc4)c4ccccc24)-c2ccc(N(c4ccccc4)c4cnc5ccccc5c4)c4cccc-3c24)cc1. The molecule has 0 atom stereocenters. The van der Waals surface area contributed by atoms with Crippen LogP contribution in [0.25, 0.3) is 77.0 Å². The van der Waals surface area contributed by atoms with Crippen molar-refractivity contribution in [1.29, 1.82) is 0 Å². The van der Waals surface area contributed by atoms with E-state index in [0.29, 0.717) is 0 Å². The van der Waals surface area contributed by atoms with Crippen molar-refractivity contribution in [2.75, 3.05) is 4.90 Å². The molecule has 228 valence electrons. The third-order valence-corrected chi connectivity index (χ3v) is 9.99. The Kier molecular flexibility index (Phi) is 6.22. The van der Waals surface area contributed by atoms with Gasteiger partial charge in [-0.1, -0.05) is 146 Å². The summed E-state index contributed by atoms with van der Waals surface area (Å²) in [5, 5.41) is 6.15. The second kappa shape index (κ2) is 11.0. The average Bonchev–Trinajstić information content (AvgIpc) is 3.50. The first-order valence-corrected chi connectivity index (χ1v) is 16.8. The molecule has 49 heavy (non-hydrogen) atoms. The molecule has 0 saturated carbocycles. The Balaban J connectivity index is 1.32. The summed E-state index contributed by atoms with van der Waals surface area (Å²) in [7, 11) is 0. The molecular formula is C47H30N2. The Morgan fingerprint density at radius 1 is 0.388 bits per heavy atom. The van der Waals surface area contributed by atoms with E-state index in [1.54, 1.807) is 0 Å². The number of para-hydroxylation sites is 2. The maximum absolute atomic E-state index is 4.89. The van der Waals surface area contributed by atoms with Gasteiger partial charge in [-0.25, -0.2) is 0 Å².